The Bertz CT molecular complexity index is 1460. The monoisotopic (exact) mass is 544 g/mol. The summed E-state index contributed by atoms with van der Waals surface area (Å²) in [6.45, 7) is 10.6. The number of thiophene rings is 1. The minimum absolute atomic E-state index is 0.279. The molecule has 2 aromatic heterocycles. The van der Waals surface area contributed by atoms with Crippen molar-refractivity contribution in [2.75, 3.05) is 29.9 Å². The van der Waals surface area contributed by atoms with Crippen molar-refractivity contribution in [1.82, 2.24) is 9.36 Å². The average molecular weight is 545 g/mol. The maximum absolute atomic E-state index is 4.50. The SMILES string of the molecule is Cc1cc(N(C)c2ccc(/N=N/c3ccc(N4CCCC4)s3)cc2C)ccc1/N=N/c1nc(C(C)C)ns1. The molecule has 1 fully saturated rings. The molecule has 0 radical (unpaired) electrons. The zero-order chi connectivity index (χ0) is 26.6. The molecular formula is C28H32N8S2. The molecule has 5 rings (SSSR count). The number of azo groups is 2. The van der Waals surface area contributed by atoms with Crippen molar-refractivity contribution >= 4 is 60.8 Å². The van der Waals surface area contributed by atoms with Crippen molar-refractivity contribution in [2.45, 2.75) is 46.5 Å². The molecule has 1 saturated heterocycles. The van der Waals surface area contributed by atoms with Crippen LogP contribution in [-0.4, -0.2) is 29.5 Å². The molecule has 8 nitrogen and oxygen atoms in total. The van der Waals surface area contributed by atoms with Gasteiger partial charge in [-0.2, -0.15) is 9.36 Å². The zero-order valence-electron chi connectivity index (χ0n) is 22.4. The Hall–Kier alpha value is -3.50. The van der Waals surface area contributed by atoms with E-state index in [2.05, 4.69) is 104 Å². The predicted molar refractivity (Wildman–Crippen MR) is 159 cm³/mol. The number of benzene rings is 2. The topological polar surface area (TPSA) is 81.7 Å². The lowest BCUT2D eigenvalue weighted by atomic mass is 10.1. The Morgan fingerprint density at radius 3 is 2.42 bits per heavy atom. The second-order valence-electron chi connectivity index (χ2n) is 9.80. The quantitative estimate of drug-likeness (QED) is 0.207. The molecule has 10 heteroatoms. The number of hydrogen-bond acceptors (Lipinski definition) is 10. The lowest BCUT2D eigenvalue weighted by Gasteiger charge is -2.22. The highest BCUT2D eigenvalue weighted by molar-refractivity contribution is 7.19. The van der Waals surface area contributed by atoms with E-state index >= 15 is 0 Å². The second kappa shape index (κ2) is 11.5. The van der Waals surface area contributed by atoms with Gasteiger partial charge in [-0.15, -0.1) is 20.5 Å². The highest BCUT2D eigenvalue weighted by Gasteiger charge is 2.14. The summed E-state index contributed by atoms with van der Waals surface area (Å²) in [5.41, 5.74) is 6.02. The third-order valence-corrected chi connectivity index (χ3v) is 8.20. The summed E-state index contributed by atoms with van der Waals surface area (Å²) in [6.07, 6.45) is 2.54. The molecule has 4 aromatic rings. The molecule has 0 amide bonds. The highest BCUT2D eigenvalue weighted by Crippen LogP contribution is 2.36. The van der Waals surface area contributed by atoms with Crippen LogP contribution in [0.5, 0.6) is 0 Å². The fourth-order valence-electron chi connectivity index (χ4n) is 4.36. The summed E-state index contributed by atoms with van der Waals surface area (Å²) in [4.78, 5) is 9.03. The number of rotatable bonds is 8. The van der Waals surface area contributed by atoms with Gasteiger partial charge in [-0.05, 0) is 86.3 Å². The maximum Gasteiger partial charge on any atom is 0.249 e. The van der Waals surface area contributed by atoms with Gasteiger partial charge in [-0.1, -0.05) is 25.2 Å². The van der Waals surface area contributed by atoms with Crippen LogP contribution in [-0.2, 0) is 0 Å². The third-order valence-electron chi connectivity index (χ3n) is 6.56. The molecule has 0 aliphatic carbocycles. The van der Waals surface area contributed by atoms with Crippen LogP contribution >= 0.6 is 22.9 Å². The largest absolute Gasteiger partial charge is 0.363 e. The Morgan fingerprint density at radius 2 is 1.71 bits per heavy atom. The fourth-order valence-corrected chi connectivity index (χ4v) is 5.88. The number of aromatic nitrogens is 2. The minimum atomic E-state index is 0.279. The molecule has 0 bridgehead atoms. The van der Waals surface area contributed by atoms with E-state index in [-0.39, 0.29) is 5.92 Å². The molecule has 0 saturated carbocycles. The van der Waals surface area contributed by atoms with Gasteiger partial charge < -0.3 is 9.80 Å². The maximum atomic E-state index is 4.50. The van der Waals surface area contributed by atoms with Crippen molar-refractivity contribution in [2.24, 2.45) is 20.5 Å². The van der Waals surface area contributed by atoms with Crippen LogP contribution in [0.15, 0.2) is 69.0 Å². The minimum Gasteiger partial charge on any atom is -0.363 e. The molecule has 2 aromatic carbocycles. The Labute approximate surface area is 232 Å². The van der Waals surface area contributed by atoms with Crippen LogP contribution in [0.3, 0.4) is 0 Å². The zero-order valence-corrected chi connectivity index (χ0v) is 24.1. The number of hydrogen-bond donors (Lipinski definition) is 0. The Kier molecular flexibility index (Phi) is 7.90. The number of anilines is 3. The first kappa shape index (κ1) is 26.1. The van der Waals surface area contributed by atoms with Gasteiger partial charge in [-0.25, -0.2) is 0 Å². The van der Waals surface area contributed by atoms with Gasteiger partial charge in [0.2, 0.25) is 5.13 Å². The number of aryl methyl sites for hydroxylation is 2. The molecule has 0 spiro atoms. The smallest absolute Gasteiger partial charge is 0.249 e. The van der Waals surface area contributed by atoms with Gasteiger partial charge in [0, 0.05) is 49.0 Å². The molecule has 196 valence electrons. The molecule has 0 N–H and O–H groups in total. The molecule has 1 aliphatic rings. The summed E-state index contributed by atoms with van der Waals surface area (Å²) >= 11 is 2.98. The lowest BCUT2D eigenvalue weighted by Crippen LogP contribution is -2.15. The Balaban J connectivity index is 1.26. The fraction of sp³-hybridized carbons (Fsp3) is 0.357. The van der Waals surface area contributed by atoms with Gasteiger partial charge in [0.25, 0.3) is 0 Å². The van der Waals surface area contributed by atoms with E-state index in [0.717, 1.165) is 57.8 Å². The van der Waals surface area contributed by atoms with E-state index < -0.39 is 0 Å². The third kappa shape index (κ3) is 5.97. The van der Waals surface area contributed by atoms with Crippen LogP contribution in [0, 0.1) is 13.8 Å². The van der Waals surface area contributed by atoms with E-state index in [9.17, 15) is 0 Å². The predicted octanol–water partition coefficient (Wildman–Crippen LogP) is 9.54. The summed E-state index contributed by atoms with van der Waals surface area (Å²) in [5.74, 6) is 1.08. The lowest BCUT2D eigenvalue weighted by molar-refractivity contribution is 0.798. The van der Waals surface area contributed by atoms with Crippen molar-refractivity contribution in [1.29, 1.82) is 0 Å². The van der Waals surface area contributed by atoms with E-state index in [1.165, 1.54) is 29.4 Å². The van der Waals surface area contributed by atoms with E-state index in [1.807, 2.05) is 19.1 Å². The first-order valence-corrected chi connectivity index (χ1v) is 14.4. The van der Waals surface area contributed by atoms with E-state index in [0.29, 0.717) is 5.13 Å². The first-order valence-electron chi connectivity index (χ1n) is 12.8. The van der Waals surface area contributed by atoms with E-state index in [4.69, 9.17) is 0 Å². The Morgan fingerprint density at radius 1 is 0.895 bits per heavy atom. The van der Waals surface area contributed by atoms with Crippen LogP contribution in [0.2, 0.25) is 0 Å². The second-order valence-corrected chi connectivity index (χ2v) is 11.6. The van der Waals surface area contributed by atoms with E-state index in [1.54, 1.807) is 11.3 Å². The highest BCUT2D eigenvalue weighted by atomic mass is 32.1. The van der Waals surface area contributed by atoms with Crippen LogP contribution < -0.4 is 9.80 Å². The molecule has 0 atom stereocenters. The summed E-state index contributed by atoms with van der Waals surface area (Å²) < 4.78 is 4.33. The van der Waals surface area contributed by atoms with Gasteiger partial charge in [0.1, 0.15) is 10.8 Å². The molecule has 38 heavy (non-hydrogen) atoms. The van der Waals surface area contributed by atoms with Crippen LogP contribution in [0.25, 0.3) is 0 Å². The van der Waals surface area contributed by atoms with Crippen molar-refractivity contribution in [3.8, 4) is 0 Å². The van der Waals surface area contributed by atoms with Crippen molar-refractivity contribution < 1.29 is 0 Å². The normalized spacial score (nSPS) is 14.0. The molecule has 3 heterocycles. The van der Waals surface area contributed by atoms with Gasteiger partial charge in [0.05, 0.1) is 16.4 Å². The molecule has 0 unspecified atom stereocenters. The van der Waals surface area contributed by atoms with Crippen LogP contribution in [0.1, 0.15) is 49.6 Å². The van der Waals surface area contributed by atoms with Gasteiger partial charge in [-0.3, -0.25) is 0 Å². The number of nitrogens with zero attached hydrogens (tertiary/aromatic N) is 8. The molecular weight excluding hydrogens is 512 g/mol. The summed E-state index contributed by atoms with van der Waals surface area (Å²) in [7, 11) is 2.07. The van der Waals surface area contributed by atoms with Gasteiger partial charge >= 0.3 is 0 Å². The standard InChI is InChI=1S/C28H32N8S2/c1-18(2)27-29-28(38-34-27)33-31-23-10-9-22(17-19(23)3)35(5)24-11-8-21(16-20(24)4)30-32-25-12-13-26(37-25)36-14-6-7-15-36/h8-13,16-18H,6-7,14-15H2,1-5H3/b32-30+,33-31+. The summed E-state index contributed by atoms with van der Waals surface area (Å²) in [5, 5.41) is 20.5. The summed E-state index contributed by atoms with van der Waals surface area (Å²) in [6, 6.07) is 16.6. The molecule has 1 aliphatic heterocycles. The van der Waals surface area contributed by atoms with Gasteiger partial charge in [0.15, 0.2) is 0 Å². The van der Waals surface area contributed by atoms with Crippen LogP contribution in [0.4, 0.5) is 37.9 Å². The van der Waals surface area contributed by atoms with Crippen molar-refractivity contribution in [3.63, 3.8) is 0 Å². The average Bonchev–Trinajstić information content (AvgIpc) is 3.68. The van der Waals surface area contributed by atoms with Crippen molar-refractivity contribution in [3.05, 3.63) is 65.5 Å². The first-order chi connectivity index (χ1) is 18.4.